The molecule has 138 valence electrons. The molecule has 1 aromatic rings. The summed E-state index contributed by atoms with van der Waals surface area (Å²) in [5, 5.41) is 2.87. The lowest BCUT2D eigenvalue weighted by Gasteiger charge is -2.31. The summed E-state index contributed by atoms with van der Waals surface area (Å²) >= 11 is 0. The number of hydrogen-bond donors (Lipinski definition) is 1. The standard InChI is InChI=1S/C18H26N2O4S/c1-18(2,3)24-17(22)19-15-7-10-20(11-8-15)25(23)16-6-4-5-14(13-16)9-12-21/h4-6,12-13,15H,7-11H2,1-3H3,(H,19,22). The van der Waals surface area contributed by atoms with E-state index in [0.717, 1.165) is 24.7 Å². The molecule has 1 atom stereocenters. The van der Waals surface area contributed by atoms with Gasteiger partial charge in [-0.3, -0.25) is 0 Å². The number of rotatable bonds is 5. The van der Waals surface area contributed by atoms with Gasteiger partial charge in [0.1, 0.15) is 22.9 Å². The highest BCUT2D eigenvalue weighted by Crippen LogP contribution is 2.19. The monoisotopic (exact) mass is 366 g/mol. The minimum atomic E-state index is -1.25. The Hall–Kier alpha value is -1.73. The zero-order valence-corrected chi connectivity index (χ0v) is 15.8. The van der Waals surface area contributed by atoms with Crippen LogP contribution in [-0.2, 0) is 26.9 Å². The Bertz CT molecular complexity index is 634. The fourth-order valence-corrected chi connectivity index (χ4v) is 3.95. The highest BCUT2D eigenvalue weighted by Gasteiger charge is 2.26. The molecule has 1 heterocycles. The van der Waals surface area contributed by atoms with Gasteiger partial charge >= 0.3 is 6.09 Å². The van der Waals surface area contributed by atoms with Gasteiger partial charge in [-0.15, -0.1) is 0 Å². The Balaban J connectivity index is 1.87. The molecule has 0 saturated carbocycles. The number of hydrogen-bond acceptors (Lipinski definition) is 4. The maximum atomic E-state index is 12.7. The van der Waals surface area contributed by atoms with Crippen LogP contribution in [0, 0.1) is 0 Å². The van der Waals surface area contributed by atoms with Crippen LogP contribution in [0.1, 0.15) is 39.2 Å². The lowest BCUT2D eigenvalue weighted by Crippen LogP contribution is -2.46. The molecule has 25 heavy (non-hydrogen) atoms. The molecule has 1 unspecified atom stereocenters. The van der Waals surface area contributed by atoms with Crippen LogP contribution in [0.4, 0.5) is 4.79 Å². The average Bonchev–Trinajstić information content (AvgIpc) is 2.54. The van der Waals surface area contributed by atoms with Crippen LogP contribution in [0.25, 0.3) is 0 Å². The molecule has 1 aliphatic rings. The van der Waals surface area contributed by atoms with Crippen molar-refractivity contribution in [1.82, 2.24) is 9.62 Å². The molecule has 7 heteroatoms. The highest BCUT2D eigenvalue weighted by atomic mass is 32.2. The molecule has 1 aliphatic heterocycles. The van der Waals surface area contributed by atoms with Crippen molar-refractivity contribution in [3.05, 3.63) is 29.8 Å². The Morgan fingerprint density at radius 2 is 2.04 bits per heavy atom. The lowest BCUT2D eigenvalue weighted by atomic mass is 10.1. The highest BCUT2D eigenvalue weighted by molar-refractivity contribution is 7.82. The van der Waals surface area contributed by atoms with Crippen molar-refractivity contribution in [3.8, 4) is 0 Å². The second-order valence-corrected chi connectivity index (χ2v) is 8.60. The first-order valence-corrected chi connectivity index (χ1v) is 9.58. The number of carbonyl (C=O) groups excluding carboxylic acids is 2. The normalized spacial score (nSPS) is 17.7. The van der Waals surface area contributed by atoms with E-state index in [0.29, 0.717) is 24.4 Å². The Morgan fingerprint density at radius 3 is 2.64 bits per heavy atom. The van der Waals surface area contributed by atoms with Gasteiger partial charge in [-0.2, -0.15) is 0 Å². The van der Waals surface area contributed by atoms with Crippen molar-refractivity contribution in [2.45, 2.75) is 56.6 Å². The quantitative estimate of drug-likeness (QED) is 0.812. The Labute approximate surface area is 151 Å². The number of nitrogens with one attached hydrogen (secondary N) is 1. The van der Waals surface area contributed by atoms with Crippen molar-refractivity contribution in [2.75, 3.05) is 13.1 Å². The molecule has 1 aromatic carbocycles. The summed E-state index contributed by atoms with van der Waals surface area (Å²) in [5.74, 6) is 0. The number of benzene rings is 1. The molecule has 0 aromatic heterocycles. The maximum Gasteiger partial charge on any atom is 0.407 e. The molecule has 1 amide bonds. The molecule has 0 aliphatic carbocycles. The Kier molecular flexibility index (Phi) is 6.72. The minimum Gasteiger partial charge on any atom is -0.444 e. The van der Waals surface area contributed by atoms with E-state index in [4.69, 9.17) is 4.74 Å². The van der Waals surface area contributed by atoms with Gasteiger partial charge in [0.2, 0.25) is 0 Å². The van der Waals surface area contributed by atoms with E-state index in [2.05, 4.69) is 5.32 Å². The Morgan fingerprint density at radius 1 is 1.36 bits per heavy atom. The summed E-state index contributed by atoms with van der Waals surface area (Å²) in [6, 6.07) is 7.34. The van der Waals surface area contributed by atoms with Crippen LogP contribution in [0.5, 0.6) is 0 Å². The lowest BCUT2D eigenvalue weighted by molar-refractivity contribution is -0.107. The van der Waals surface area contributed by atoms with Gasteiger partial charge in [0, 0.05) is 25.6 Å². The summed E-state index contributed by atoms with van der Waals surface area (Å²) in [6.07, 6.45) is 2.20. The van der Waals surface area contributed by atoms with Crippen LogP contribution in [0.15, 0.2) is 29.2 Å². The van der Waals surface area contributed by atoms with Crippen LogP contribution in [0.3, 0.4) is 0 Å². The first-order chi connectivity index (χ1) is 11.8. The molecule has 0 spiro atoms. The van der Waals surface area contributed by atoms with Crippen LogP contribution in [0.2, 0.25) is 0 Å². The summed E-state index contributed by atoms with van der Waals surface area (Å²) in [4.78, 5) is 23.2. The molecule has 2 rings (SSSR count). The summed E-state index contributed by atoms with van der Waals surface area (Å²) in [5.41, 5.74) is 0.348. The zero-order valence-electron chi connectivity index (χ0n) is 15.0. The van der Waals surface area contributed by atoms with E-state index in [-0.39, 0.29) is 6.04 Å². The number of aldehydes is 1. The number of piperidine rings is 1. The third kappa shape index (κ3) is 6.25. The topological polar surface area (TPSA) is 75.7 Å². The van der Waals surface area contributed by atoms with Gasteiger partial charge in [-0.05, 0) is 51.3 Å². The summed E-state index contributed by atoms with van der Waals surface area (Å²) in [6.45, 7) is 6.75. The third-order valence-corrected chi connectivity index (χ3v) is 5.32. The molecule has 1 fully saturated rings. The molecule has 1 saturated heterocycles. The second kappa shape index (κ2) is 8.58. The minimum absolute atomic E-state index is 0.0319. The van der Waals surface area contributed by atoms with Crippen molar-refractivity contribution < 1.29 is 18.5 Å². The fraction of sp³-hybridized carbons (Fsp3) is 0.556. The van der Waals surface area contributed by atoms with Crippen LogP contribution >= 0.6 is 0 Å². The fourth-order valence-electron chi connectivity index (χ4n) is 2.67. The SMILES string of the molecule is CC(C)(C)OC(=O)NC1CCN(S(=O)c2cccc(CC=O)c2)CC1. The number of amides is 1. The number of alkyl carbamates (subject to hydrolysis) is 1. The van der Waals surface area contributed by atoms with Crippen LogP contribution in [-0.4, -0.2) is 45.6 Å². The molecule has 1 N–H and O–H groups in total. The van der Waals surface area contributed by atoms with Gasteiger partial charge in [0.15, 0.2) is 0 Å². The number of nitrogens with zero attached hydrogens (tertiary/aromatic N) is 1. The van der Waals surface area contributed by atoms with E-state index in [1.807, 2.05) is 49.3 Å². The maximum absolute atomic E-state index is 12.7. The largest absolute Gasteiger partial charge is 0.444 e. The summed E-state index contributed by atoms with van der Waals surface area (Å²) < 4.78 is 19.9. The van der Waals surface area contributed by atoms with Gasteiger partial charge in [-0.25, -0.2) is 13.3 Å². The number of carbonyl (C=O) groups is 2. The third-order valence-electron chi connectivity index (χ3n) is 3.83. The molecule has 0 radical (unpaired) electrons. The predicted octanol–water partition coefficient (Wildman–Crippen LogP) is 2.44. The molecular formula is C18H26N2O4S. The van der Waals surface area contributed by atoms with Gasteiger partial charge in [0.05, 0.1) is 4.90 Å². The van der Waals surface area contributed by atoms with Gasteiger partial charge in [-0.1, -0.05) is 12.1 Å². The molecular weight excluding hydrogens is 340 g/mol. The molecule has 0 bridgehead atoms. The van der Waals surface area contributed by atoms with Crippen molar-refractivity contribution in [3.63, 3.8) is 0 Å². The van der Waals surface area contributed by atoms with Crippen LogP contribution < -0.4 is 5.32 Å². The first kappa shape index (κ1) is 19.6. The van der Waals surface area contributed by atoms with E-state index in [1.54, 1.807) is 0 Å². The van der Waals surface area contributed by atoms with E-state index in [1.165, 1.54) is 0 Å². The first-order valence-electron chi connectivity index (χ1n) is 8.47. The number of ether oxygens (including phenoxy) is 1. The van der Waals surface area contributed by atoms with Crippen molar-refractivity contribution in [1.29, 1.82) is 0 Å². The van der Waals surface area contributed by atoms with E-state index >= 15 is 0 Å². The van der Waals surface area contributed by atoms with Crippen molar-refractivity contribution >= 4 is 23.4 Å². The second-order valence-electron chi connectivity index (χ2n) is 7.12. The van der Waals surface area contributed by atoms with Crippen molar-refractivity contribution in [2.24, 2.45) is 0 Å². The van der Waals surface area contributed by atoms with E-state index < -0.39 is 22.7 Å². The zero-order chi connectivity index (χ0) is 18.4. The predicted molar refractivity (Wildman–Crippen MR) is 96.6 cm³/mol. The smallest absolute Gasteiger partial charge is 0.407 e. The molecule has 6 nitrogen and oxygen atoms in total. The summed E-state index contributed by atoms with van der Waals surface area (Å²) in [7, 11) is -1.25. The van der Waals surface area contributed by atoms with Gasteiger partial charge < -0.3 is 14.8 Å². The van der Waals surface area contributed by atoms with Gasteiger partial charge in [0.25, 0.3) is 0 Å². The average molecular weight is 366 g/mol. The van der Waals surface area contributed by atoms with E-state index in [9.17, 15) is 13.8 Å².